The monoisotopic (exact) mass is 354 g/mol. The molecule has 130 valence electrons. The Labute approximate surface area is 144 Å². The predicted octanol–water partition coefficient (Wildman–Crippen LogP) is 1.71. The molecule has 0 unspecified atom stereocenters. The van der Waals surface area contributed by atoms with Crippen LogP contribution in [0.3, 0.4) is 0 Å². The van der Waals surface area contributed by atoms with Crippen LogP contribution < -0.4 is 5.32 Å². The maximum Gasteiger partial charge on any atom is 0.317 e. The van der Waals surface area contributed by atoms with E-state index in [1.54, 1.807) is 12.1 Å². The lowest BCUT2D eigenvalue weighted by Gasteiger charge is -2.17. The zero-order valence-electron chi connectivity index (χ0n) is 13.2. The van der Waals surface area contributed by atoms with Crippen molar-refractivity contribution in [3.63, 3.8) is 0 Å². The summed E-state index contributed by atoms with van der Waals surface area (Å²) < 4.78 is 4.85. The fourth-order valence-corrected chi connectivity index (χ4v) is 2.92. The summed E-state index contributed by atoms with van der Waals surface area (Å²) in [5, 5.41) is 11.8. The fraction of sp³-hybridized carbons (Fsp3) is 0.438. The van der Waals surface area contributed by atoms with Gasteiger partial charge in [0, 0.05) is 30.6 Å². The number of rotatable bonds is 5. The van der Waals surface area contributed by atoms with Gasteiger partial charge < -0.3 is 20.1 Å². The summed E-state index contributed by atoms with van der Waals surface area (Å²) in [6, 6.07) is 6.74. The lowest BCUT2D eigenvalue weighted by Crippen LogP contribution is -2.39. The van der Waals surface area contributed by atoms with Crippen LogP contribution in [0.25, 0.3) is 0 Å². The first-order chi connectivity index (χ1) is 11.4. The summed E-state index contributed by atoms with van der Waals surface area (Å²) in [4.78, 5) is 36.2. The molecular formula is C16H19ClN2O5. The quantitative estimate of drug-likeness (QED) is 0.785. The molecule has 0 saturated carbocycles. The molecule has 8 heteroatoms. The Morgan fingerprint density at radius 1 is 1.29 bits per heavy atom. The molecule has 2 N–H and O–H groups in total. The molecule has 0 aromatic heterocycles. The number of methoxy groups -OCH3 is 1. The van der Waals surface area contributed by atoms with Crippen molar-refractivity contribution in [3.8, 4) is 0 Å². The average Bonchev–Trinajstić information content (AvgIpc) is 2.99. The van der Waals surface area contributed by atoms with Crippen LogP contribution in [-0.4, -0.2) is 54.7 Å². The van der Waals surface area contributed by atoms with Crippen molar-refractivity contribution in [2.75, 3.05) is 26.7 Å². The number of benzene rings is 1. The number of nitrogens with one attached hydrogen (secondary N) is 1. The number of urea groups is 1. The molecular weight excluding hydrogens is 336 g/mol. The maximum atomic E-state index is 12.2. The van der Waals surface area contributed by atoms with Crippen molar-refractivity contribution in [1.29, 1.82) is 0 Å². The van der Waals surface area contributed by atoms with Gasteiger partial charge in [-0.05, 0) is 17.7 Å². The van der Waals surface area contributed by atoms with Gasteiger partial charge in [-0.2, -0.15) is 0 Å². The second kappa shape index (κ2) is 8.01. The second-order valence-corrected chi connectivity index (χ2v) is 6.00. The molecule has 7 nitrogen and oxygen atoms in total. The van der Waals surface area contributed by atoms with Gasteiger partial charge in [-0.15, -0.1) is 0 Å². The Kier molecular flexibility index (Phi) is 6.03. The van der Waals surface area contributed by atoms with Gasteiger partial charge in [0.1, 0.15) is 0 Å². The summed E-state index contributed by atoms with van der Waals surface area (Å²) in [5.41, 5.74) is 0.899. The molecule has 1 aromatic carbocycles. The molecule has 0 radical (unpaired) electrons. The van der Waals surface area contributed by atoms with E-state index < -0.39 is 11.9 Å². The number of nitrogens with zero attached hydrogens (tertiary/aromatic N) is 1. The molecule has 2 atom stereocenters. The summed E-state index contributed by atoms with van der Waals surface area (Å²) in [6.07, 6.45) is -0.152. The Hall–Kier alpha value is -2.28. The third-order valence-electron chi connectivity index (χ3n) is 4.02. The highest BCUT2D eigenvalue weighted by Gasteiger charge is 2.41. The fourth-order valence-electron chi connectivity index (χ4n) is 2.80. The van der Waals surface area contributed by atoms with E-state index in [0.717, 1.165) is 5.56 Å². The van der Waals surface area contributed by atoms with Gasteiger partial charge in [0.15, 0.2) is 0 Å². The Morgan fingerprint density at radius 3 is 2.54 bits per heavy atom. The highest BCUT2D eigenvalue weighted by atomic mass is 35.5. The minimum atomic E-state index is -0.983. The van der Waals surface area contributed by atoms with Gasteiger partial charge in [0.05, 0.1) is 19.4 Å². The first-order valence-corrected chi connectivity index (χ1v) is 7.88. The van der Waals surface area contributed by atoms with Crippen molar-refractivity contribution in [2.24, 2.45) is 5.92 Å². The van der Waals surface area contributed by atoms with Crippen LogP contribution in [0.2, 0.25) is 5.02 Å². The van der Waals surface area contributed by atoms with Crippen LogP contribution in [0.5, 0.6) is 0 Å². The van der Waals surface area contributed by atoms with Crippen molar-refractivity contribution in [3.05, 3.63) is 34.9 Å². The van der Waals surface area contributed by atoms with E-state index in [4.69, 9.17) is 21.4 Å². The summed E-state index contributed by atoms with van der Waals surface area (Å²) >= 11 is 5.89. The number of amides is 2. The zero-order chi connectivity index (χ0) is 17.7. The van der Waals surface area contributed by atoms with Crippen LogP contribution >= 0.6 is 11.6 Å². The highest BCUT2D eigenvalue weighted by molar-refractivity contribution is 6.30. The first kappa shape index (κ1) is 18.1. The molecule has 0 bridgehead atoms. The van der Waals surface area contributed by atoms with Gasteiger partial charge in [-0.25, -0.2) is 4.79 Å². The largest absolute Gasteiger partial charge is 0.481 e. The number of aliphatic carboxylic acids is 1. The van der Waals surface area contributed by atoms with E-state index in [2.05, 4.69) is 5.32 Å². The molecule has 0 aliphatic carbocycles. The van der Waals surface area contributed by atoms with Crippen molar-refractivity contribution >= 4 is 29.6 Å². The first-order valence-electron chi connectivity index (χ1n) is 7.50. The van der Waals surface area contributed by atoms with Gasteiger partial charge in [-0.3, -0.25) is 9.59 Å². The molecule has 2 amide bonds. The normalized spacial score (nSPS) is 19.8. The van der Waals surface area contributed by atoms with Crippen LogP contribution in [0, 0.1) is 5.92 Å². The van der Waals surface area contributed by atoms with Crippen LogP contribution in [0.4, 0.5) is 4.79 Å². The molecule has 1 aliphatic heterocycles. The number of likely N-dealkylation sites (tertiary alicyclic amines) is 1. The number of esters is 1. The molecule has 1 aliphatic rings. The molecule has 1 aromatic rings. The topological polar surface area (TPSA) is 95.9 Å². The Bertz CT molecular complexity index is 619. The predicted molar refractivity (Wildman–Crippen MR) is 86.9 cm³/mol. The summed E-state index contributed by atoms with van der Waals surface area (Å²) in [6.45, 7) is 0.609. The Morgan fingerprint density at radius 2 is 1.96 bits per heavy atom. The van der Waals surface area contributed by atoms with E-state index in [1.807, 2.05) is 12.1 Å². The third-order valence-corrected chi connectivity index (χ3v) is 4.28. The van der Waals surface area contributed by atoms with E-state index in [0.29, 0.717) is 11.6 Å². The van der Waals surface area contributed by atoms with Gasteiger partial charge in [0.2, 0.25) is 0 Å². The number of hydrogen-bond acceptors (Lipinski definition) is 4. The number of hydrogen-bond donors (Lipinski definition) is 2. The summed E-state index contributed by atoms with van der Waals surface area (Å²) in [7, 11) is 1.32. The number of carboxylic acid groups (broad SMARTS) is 1. The standard InChI is InChI=1S/C16H19ClN2O5/c1-24-15(22)13-9-19(16(23)18-7-6-14(20)21)8-12(13)10-2-4-11(17)5-3-10/h2-5,12-13H,6-9H2,1H3,(H,18,23)(H,20,21)/t12-,13+/m0/s1. The van der Waals surface area contributed by atoms with Gasteiger partial charge in [-0.1, -0.05) is 23.7 Å². The number of carbonyl (C=O) groups excluding carboxylic acids is 2. The number of halogens is 1. The molecule has 1 fully saturated rings. The molecule has 24 heavy (non-hydrogen) atoms. The lowest BCUT2D eigenvalue weighted by atomic mass is 9.89. The second-order valence-electron chi connectivity index (χ2n) is 5.57. The van der Waals surface area contributed by atoms with Gasteiger partial charge in [0.25, 0.3) is 0 Å². The number of ether oxygens (including phenoxy) is 1. The van der Waals surface area contributed by atoms with Crippen molar-refractivity contribution in [1.82, 2.24) is 10.2 Å². The van der Waals surface area contributed by atoms with Crippen molar-refractivity contribution in [2.45, 2.75) is 12.3 Å². The van der Waals surface area contributed by atoms with E-state index in [1.165, 1.54) is 12.0 Å². The number of carboxylic acids is 1. The zero-order valence-corrected chi connectivity index (χ0v) is 14.0. The van der Waals surface area contributed by atoms with E-state index >= 15 is 0 Å². The lowest BCUT2D eigenvalue weighted by molar-refractivity contribution is -0.145. The summed E-state index contributed by atoms with van der Waals surface area (Å²) in [5.74, 6) is -2.03. The SMILES string of the molecule is COC(=O)[C@@H]1CN(C(=O)NCCC(=O)O)C[C@H]1c1ccc(Cl)cc1. The highest BCUT2D eigenvalue weighted by Crippen LogP contribution is 2.34. The third kappa shape index (κ3) is 4.38. The van der Waals surface area contributed by atoms with Crippen molar-refractivity contribution < 1.29 is 24.2 Å². The van der Waals surface area contributed by atoms with Gasteiger partial charge >= 0.3 is 18.0 Å². The van der Waals surface area contributed by atoms with E-state index in [9.17, 15) is 14.4 Å². The average molecular weight is 355 g/mol. The maximum absolute atomic E-state index is 12.2. The van der Waals surface area contributed by atoms with Crippen LogP contribution in [0.15, 0.2) is 24.3 Å². The molecule has 1 heterocycles. The van der Waals surface area contributed by atoms with Crippen LogP contribution in [0.1, 0.15) is 17.9 Å². The molecule has 2 rings (SSSR count). The minimum absolute atomic E-state index is 0.0408. The number of carbonyl (C=O) groups is 3. The molecule has 1 saturated heterocycles. The van der Waals surface area contributed by atoms with Crippen LogP contribution in [-0.2, 0) is 14.3 Å². The Balaban J connectivity index is 2.09. The molecule has 0 spiro atoms. The smallest absolute Gasteiger partial charge is 0.317 e. The van der Waals surface area contributed by atoms with E-state index in [-0.39, 0.29) is 37.4 Å². The minimum Gasteiger partial charge on any atom is -0.481 e.